The second-order valence-electron chi connectivity index (χ2n) is 6.38. The molecule has 0 radical (unpaired) electrons. The van der Waals surface area contributed by atoms with Crippen molar-refractivity contribution in [1.29, 1.82) is 0 Å². The van der Waals surface area contributed by atoms with E-state index in [9.17, 15) is 4.79 Å². The van der Waals surface area contributed by atoms with Crippen LogP contribution in [0.25, 0.3) is 0 Å². The summed E-state index contributed by atoms with van der Waals surface area (Å²) >= 11 is 0. The van der Waals surface area contributed by atoms with Crippen molar-refractivity contribution in [3.05, 3.63) is 35.9 Å². The van der Waals surface area contributed by atoms with Crippen molar-refractivity contribution in [3.8, 4) is 0 Å². The van der Waals surface area contributed by atoms with Gasteiger partial charge < -0.3 is 9.80 Å². The smallest absolute Gasteiger partial charge is 0.222 e. The quantitative estimate of drug-likeness (QED) is 0.826. The Morgan fingerprint density at radius 3 is 2.65 bits per heavy atom. The van der Waals surface area contributed by atoms with Crippen LogP contribution in [0.2, 0.25) is 0 Å². The zero-order valence-electron chi connectivity index (χ0n) is 12.5. The summed E-state index contributed by atoms with van der Waals surface area (Å²) in [4.78, 5) is 16.7. The molecule has 1 aromatic carbocycles. The summed E-state index contributed by atoms with van der Waals surface area (Å²) in [5, 5.41) is 0. The zero-order chi connectivity index (χ0) is 14.1. The van der Waals surface area contributed by atoms with Gasteiger partial charge in [0.25, 0.3) is 0 Å². The lowest BCUT2D eigenvalue weighted by Crippen LogP contribution is -2.56. The lowest BCUT2D eigenvalue weighted by Gasteiger charge is -2.48. The van der Waals surface area contributed by atoms with Gasteiger partial charge in [0.2, 0.25) is 5.91 Å². The molecule has 20 heavy (non-hydrogen) atoms. The number of carbonyl (C=O) groups excluding carboxylic acids is 1. The summed E-state index contributed by atoms with van der Waals surface area (Å²) in [6.07, 6.45) is 4.09. The molecule has 3 atom stereocenters. The predicted octanol–water partition coefficient (Wildman–Crippen LogP) is 2.49. The molecule has 108 valence electrons. The van der Waals surface area contributed by atoms with Crippen LogP contribution in [-0.2, 0) is 4.79 Å². The molecule has 2 fully saturated rings. The molecule has 3 rings (SSSR count). The minimum atomic E-state index is 0.361. The van der Waals surface area contributed by atoms with Crippen molar-refractivity contribution >= 4 is 5.91 Å². The van der Waals surface area contributed by atoms with Crippen LogP contribution in [-0.4, -0.2) is 48.4 Å². The monoisotopic (exact) mass is 272 g/mol. The largest absolute Gasteiger partial charge is 0.339 e. The molecule has 0 saturated carbocycles. The first-order valence-corrected chi connectivity index (χ1v) is 7.67. The number of hydrogen-bond acceptors (Lipinski definition) is 2. The highest BCUT2D eigenvalue weighted by Gasteiger charge is 2.40. The highest BCUT2D eigenvalue weighted by molar-refractivity contribution is 5.77. The first-order valence-electron chi connectivity index (χ1n) is 7.67. The van der Waals surface area contributed by atoms with Crippen molar-refractivity contribution < 1.29 is 4.79 Å². The van der Waals surface area contributed by atoms with Crippen molar-refractivity contribution in [2.45, 2.75) is 43.7 Å². The Morgan fingerprint density at radius 1 is 1.20 bits per heavy atom. The first-order chi connectivity index (χ1) is 9.66. The third-order valence-electron chi connectivity index (χ3n) is 4.95. The molecule has 3 heteroatoms. The van der Waals surface area contributed by atoms with E-state index in [1.807, 2.05) is 0 Å². The lowest BCUT2D eigenvalue weighted by atomic mass is 9.79. The van der Waals surface area contributed by atoms with Gasteiger partial charge in [0.05, 0.1) is 0 Å². The van der Waals surface area contributed by atoms with Gasteiger partial charge in [-0.25, -0.2) is 0 Å². The Labute approximate surface area is 121 Å². The Kier molecular flexibility index (Phi) is 3.79. The van der Waals surface area contributed by atoms with Crippen molar-refractivity contribution in [1.82, 2.24) is 9.80 Å². The molecule has 2 heterocycles. The maximum atomic E-state index is 12.2. The van der Waals surface area contributed by atoms with E-state index < -0.39 is 0 Å². The SMILES string of the molecule is CN(C)C1C[C@H]2CCCC(=O)N2CC1c1ccccc1. The van der Waals surface area contributed by atoms with Gasteiger partial charge in [0, 0.05) is 31.0 Å². The van der Waals surface area contributed by atoms with E-state index >= 15 is 0 Å². The highest BCUT2D eigenvalue weighted by Crippen LogP contribution is 2.36. The molecular weight excluding hydrogens is 248 g/mol. The van der Waals surface area contributed by atoms with Gasteiger partial charge in [-0.1, -0.05) is 30.3 Å². The number of carbonyl (C=O) groups is 1. The van der Waals surface area contributed by atoms with Crippen LogP contribution in [0.3, 0.4) is 0 Å². The molecule has 0 aliphatic carbocycles. The van der Waals surface area contributed by atoms with Crippen LogP contribution in [0.15, 0.2) is 30.3 Å². The number of nitrogens with zero attached hydrogens (tertiary/aromatic N) is 2. The maximum absolute atomic E-state index is 12.2. The van der Waals surface area contributed by atoms with E-state index in [1.165, 1.54) is 12.0 Å². The number of hydrogen-bond donors (Lipinski definition) is 0. The minimum absolute atomic E-state index is 0.361. The third-order valence-corrected chi connectivity index (χ3v) is 4.95. The molecule has 3 nitrogen and oxygen atoms in total. The van der Waals surface area contributed by atoms with Crippen LogP contribution in [0.5, 0.6) is 0 Å². The summed E-state index contributed by atoms with van der Waals surface area (Å²) in [5.74, 6) is 0.795. The molecular formula is C17H24N2O. The topological polar surface area (TPSA) is 23.6 Å². The molecule has 0 aromatic heterocycles. The van der Waals surface area contributed by atoms with Gasteiger partial charge >= 0.3 is 0 Å². The molecule has 1 aromatic rings. The summed E-state index contributed by atoms with van der Waals surface area (Å²) in [6.45, 7) is 0.885. The summed E-state index contributed by atoms with van der Waals surface area (Å²) in [7, 11) is 4.34. The van der Waals surface area contributed by atoms with E-state index in [2.05, 4.69) is 54.2 Å². The fourth-order valence-electron chi connectivity index (χ4n) is 3.86. The second kappa shape index (κ2) is 5.57. The number of amides is 1. The normalized spacial score (nSPS) is 30.4. The molecule has 2 aliphatic rings. The molecule has 0 spiro atoms. The van der Waals surface area contributed by atoms with Crippen LogP contribution >= 0.6 is 0 Å². The number of rotatable bonds is 2. The van der Waals surface area contributed by atoms with E-state index in [0.717, 1.165) is 25.8 Å². The number of benzene rings is 1. The van der Waals surface area contributed by atoms with E-state index in [4.69, 9.17) is 0 Å². The van der Waals surface area contributed by atoms with Gasteiger partial charge in [0.15, 0.2) is 0 Å². The minimum Gasteiger partial charge on any atom is -0.339 e. The third kappa shape index (κ3) is 2.47. The van der Waals surface area contributed by atoms with E-state index in [0.29, 0.717) is 23.9 Å². The Morgan fingerprint density at radius 2 is 1.95 bits per heavy atom. The molecule has 2 aliphatic heterocycles. The van der Waals surface area contributed by atoms with Gasteiger partial charge in [-0.05, 0) is 38.9 Å². The van der Waals surface area contributed by atoms with Gasteiger partial charge in [-0.15, -0.1) is 0 Å². The fourth-order valence-corrected chi connectivity index (χ4v) is 3.86. The molecule has 2 saturated heterocycles. The number of likely N-dealkylation sites (N-methyl/N-ethyl adjacent to an activating group) is 1. The van der Waals surface area contributed by atoms with Crippen molar-refractivity contribution in [2.75, 3.05) is 20.6 Å². The van der Waals surface area contributed by atoms with Crippen LogP contribution < -0.4 is 0 Å². The average Bonchev–Trinajstić information content (AvgIpc) is 2.47. The van der Waals surface area contributed by atoms with Crippen molar-refractivity contribution in [3.63, 3.8) is 0 Å². The van der Waals surface area contributed by atoms with Gasteiger partial charge in [-0.3, -0.25) is 4.79 Å². The lowest BCUT2D eigenvalue weighted by molar-refractivity contribution is -0.139. The van der Waals surface area contributed by atoms with Crippen LogP contribution in [0.4, 0.5) is 0 Å². The maximum Gasteiger partial charge on any atom is 0.222 e. The zero-order valence-corrected chi connectivity index (χ0v) is 12.5. The predicted molar refractivity (Wildman–Crippen MR) is 80.6 cm³/mol. The molecule has 2 unspecified atom stereocenters. The van der Waals surface area contributed by atoms with E-state index in [-0.39, 0.29) is 0 Å². The number of fused-ring (bicyclic) bond motifs is 1. The Bertz CT molecular complexity index is 471. The first kappa shape index (κ1) is 13.6. The molecule has 0 N–H and O–H groups in total. The van der Waals surface area contributed by atoms with Crippen LogP contribution in [0.1, 0.15) is 37.2 Å². The average molecular weight is 272 g/mol. The highest BCUT2D eigenvalue weighted by atomic mass is 16.2. The standard InChI is InChI=1S/C17H24N2O/c1-18(2)16-11-14-9-6-10-17(20)19(14)12-15(16)13-7-4-3-5-8-13/h3-5,7-8,14-16H,6,9-12H2,1-2H3/t14-,15?,16?/m1/s1. The van der Waals surface area contributed by atoms with E-state index in [1.54, 1.807) is 0 Å². The molecule has 0 bridgehead atoms. The Balaban J connectivity index is 1.88. The van der Waals surface area contributed by atoms with Crippen molar-refractivity contribution in [2.24, 2.45) is 0 Å². The summed E-state index contributed by atoms with van der Waals surface area (Å²) in [5.41, 5.74) is 1.36. The summed E-state index contributed by atoms with van der Waals surface area (Å²) < 4.78 is 0. The fraction of sp³-hybridized carbons (Fsp3) is 0.588. The second-order valence-corrected chi connectivity index (χ2v) is 6.38. The molecule has 1 amide bonds. The van der Waals surface area contributed by atoms with Gasteiger partial charge in [-0.2, -0.15) is 0 Å². The van der Waals surface area contributed by atoms with Gasteiger partial charge in [0.1, 0.15) is 0 Å². The Hall–Kier alpha value is -1.35. The summed E-state index contributed by atoms with van der Waals surface area (Å²) in [6, 6.07) is 11.7. The number of piperidine rings is 2. The van der Waals surface area contributed by atoms with Crippen LogP contribution in [0, 0.1) is 0 Å².